The smallest absolute Gasteiger partial charge is 0.337 e. The maximum absolute atomic E-state index is 13.5. The van der Waals surface area contributed by atoms with Crippen LogP contribution >= 0.6 is 11.8 Å². The first-order valence-electron chi connectivity index (χ1n) is 11.0. The van der Waals surface area contributed by atoms with Crippen LogP contribution in [0.15, 0.2) is 53.7 Å². The highest BCUT2D eigenvalue weighted by atomic mass is 32.2. The lowest BCUT2D eigenvalue weighted by atomic mass is 10.1. The van der Waals surface area contributed by atoms with E-state index in [0.717, 1.165) is 29.8 Å². The van der Waals surface area contributed by atoms with E-state index < -0.39 is 5.97 Å². The Morgan fingerprint density at radius 3 is 2.64 bits per heavy atom. The summed E-state index contributed by atoms with van der Waals surface area (Å²) in [6.07, 6.45) is 3.66. The van der Waals surface area contributed by atoms with E-state index in [2.05, 4.69) is 15.1 Å². The number of hydrogen-bond donors (Lipinski definition) is 0. The van der Waals surface area contributed by atoms with Crippen LogP contribution in [0.3, 0.4) is 0 Å². The number of likely N-dealkylation sites (tertiary alicyclic amines) is 1. The van der Waals surface area contributed by atoms with Gasteiger partial charge in [0.1, 0.15) is 11.6 Å². The molecule has 1 aliphatic heterocycles. The van der Waals surface area contributed by atoms with Crippen molar-refractivity contribution in [2.45, 2.75) is 31.0 Å². The fraction of sp³-hybridized carbons (Fsp3) is 0.375. The minimum Gasteiger partial charge on any atom is -0.493 e. The summed E-state index contributed by atoms with van der Waals surface area (Å²) >= 11 is 1.52. The van der Waals surface area contributed by atoms with Crippen molar-refractivity contribution in [3.8, 4) is 11.4 Å². The number of benzene rings is 2. The van der Waals surface area contributed by atoms with Crippen molar-refractivity contribution in [3.63, 3.8) is 0 Å². The fourth-order valence-corrected chi connectivity index (χ4v) is 4.57. The molecule has 1 fully saturated rings. The zero-order chi connectivity index (χ0) is 23.0. The molecule has 3 aromatic rings. The molecule has 9 heteroatoms. The Bertz CT molecular complexity index is 1070. The van der Waals surface area contributed by atoms with Crippen molar-refractivity contribution in [1.29, 1.82) is 0 Å². The quantitative estimate of drug-likeness (QED) is 0.262. The Labute approximate surface area is 196 Å². The molecule has 1 aliphatic rings. The Morgan fingerprint density at radius 2 is 1.88 bits per heavy atom. The van der Waals surface area contributed by atoms with Crippen LogP contribution < -0.4 is 4.74 Å². The van der Waals surface area contributed by atoms with E-state index in [1.54, 1.807) is 36.4 Å². The maximum Gasteiger partial charge on any atom is 0.337 e. The van der Waals surface area contributed by atoms with Gasteiger partial charge in [-0.05, 0) is 68.4 Å². The van der Waals surface area contributed by atoms with Gasteiger partial charge in [-0.2, -0.15) is 0 Å². The Balaban J connectivity index is 1.43. The summed E-state index contributed by atoms with van der Waals surface area (Å²) < 4.78 is 26.1. The molecule has 0 unspecified atom stereocenters. The summed E-state index contributed by atoms with van der Waals surface area (Å²) in [7, 11) is 1.35. The molecule has 0 aliphatic carbocycles. The van der Waals surface area contributed by atoms with Gasteiger partial charge in [-0.15, -0.1) is 10.2 Å². The van der Waals surface area contributed by atoms with Gasteiger partial charge in [0.25, 0.3) is 0 Å². The number of nitrogens with zero attached hydrogens (tertiary/aromatic N) is 4. The van der Waals surface area contributed by atoms with Crippen LogP contribution in [0.1, 0.15) is 35.4 Å². The number of halogens is 1. The monoisotopic (exact) mass is 470 g/mol. The lowest BCUT2D eigenvalue weighted by molar-refractivity contribution is 0.0600. The van der Waals surface area contributed by atoms with Crippen LogP contribution in [0.2, 0.25) is 0 Å². The second kappa shape index (κ2) is 11.3. The standard InChI is InChI=1S/C24H27FN4O3S/c1-31-23(30)18-6-5-7-21(16-18)32-14-15-33-24-27-26-22(17-28-12-3-2-4-13-28)29(24)20-10-8-19(25)9-11-20/h5-11,16H,2-4,12-15,17H2,1H3. The van der Waals surface area contributed by atoms with E-state index in [-0.39, 0.29) is 5.82 Å². The van der Waals surface area contributed by atoms with Crippen LogP contribution in [0.25, 0.3) is 5.69 Å². The van der Waals surface area contributed by atoms with Gasteiger partial charge in [-0.3, -0.25) is 9.47 Å². The molecule has 0 bridgehead atoms. The molecule has 2 heterocycles. The minimum atomic E-state index is -0.400. The number of carbonyl (C=O) groups is 1. The Morgan fingerprint density at radius 1 is 1.09 bits per heavy atom. The van der Waals surface area contributed by atoms with Gasteiger partial charge < -0.3 is 9.47 Å². The van der Waals surface area contributed by atoms with Gasteiger partial charge in [0, 0.05) is 11.4 Å². The Kier molecular flexibility index (Phi) is 7.96. The summed E-state index contributed by atoms with van der Waals surface area (Å²) in [6, 6.07) is 13.3. The summed E-state index contributed by atoms with van der Waals surface area (Å²) in [6.45, 7) is 3.24. The van der Waals surface area contributed by atoms with E-state index >= 15 is 0 Å². The van der Waals surface area contributed by atoms with Crippen molar-refractivity contribution in [1.82, 2.24) is 19.7 Å². The summed E-state index contributed by atoms with van der Waals surface area (Å²) in [5.74, 6) is 1.40. The first kappa shape index (κ1) is 23.3. The van der Waals surface area contributed by atoms with Crippen LogP contribution in [-0.2, 0) is 11.3 Å². The number of aromatic nitrogens is 3. The molecule has 0 atom stereocenters. The molecule has 1 saturated heterocycles. The average Bonchev–Trinajstić information content (AvgIpc) is 3.24. The van der Waals surface area contributed by atoms with E-state index in [4.69, 9.17) is 9.47 Å². The molecule has 7 nitrogen and oxygen atoms in total. The predicted octanol–water partition coefficient (Wildman–Crippen LogP) is 4.35. The lowest BCUT2D eigenvalue weighted by Crippen LogP contribution is -2.30. The highest BCUT2D eigenvalue weighted by Crippen LogP contribution is 2.24. The van der Waals surface area contributed by atoms with Crippen molar-refractivity contribution < 1.29 is 18.7 Å². The number of rotatable bonds is 9. The third-order valence-corrected chi connectivity index (χ3v) is 6.33. The first-order valence-corrected chi connectivity index (χ1v) is 12.0. The van der Waals surface area contributed by atoms with Crippen molar-refractivity contribution in [3.05, 3.63) is 65.7 Å². The molecule has 0 amide bonds. The van der Waals surface area contributed by atoms with Crippen molar-refractivity contribution >= 4 is 17.7 Å². The molecule has 33 heavy (non-hydrogen) atoms. The number of hydrogen-bond acceptors (Lipinski definition) is 7. The third-order valence-electron chi connectivity index (χ3n) is 5.44. The topological polar surface area (TPSA) is 69.5 Å². The van der Waals surface area contributed by atoms with Gasteiger partial charge >= 0.3 is 5.97 Å². The molecule has 174 valence electrons. The van der Waals surface area contributed by atoms with Gasteiger partial charge in [0.2, 0.25) is 0 Å². The number of esters is 1. The minimum absolute atomic E-state index is 0.277. The SMILES string of the molecule is COC(=O)c1cccc(OCCSc2nnc(CN3CCCCC3)n2-c2ccc(F)cc2)c1. The second-order valence-corrected chi connectivity index (χ2v) is 8.83. The first-order chi connectivity index (χ1) is 16.1. The van der Waals surface area contributed by atoms with E-state index in [0.29, 0.717) is 30.2 Å². The summed E-state index contributed by atoms with van der Waals surface area (Å²) in [4.78, 5) is 14.1. The van der Waals surface area contributed by atoms with Crippen molar-refractivity contribution in [2.24, 2.45) is 0 Å². The Hall–Kier alpha value is -2.91. The van der Waals surface area contributed by atoms with E-state index in [9.17, 15) is 9.18 Å². The summed E-state index contributed by atoms with van der Waals surface area (Å²) in [5, 5.41) is 9.60. The van der Waals surface area contributed by atoms with Crippen LogP contribution in [0, 0.1) is 5.82 Å². The van der Waals surface area contributed by atoms with Gasteiger partial charge in [0.05, 0.1) is 25.8 Å². The predicted molar refractivity (Wildman–Crippen MR) is 124 cm³/mol. The molecule has 1 aromatic heterocycles. The third kappa shape index (κ3) is 6.11. The molecule has 0 spiro atoms. The van der Waals surface area contributed by atoms with Gasteiger partial charge in [0.15, 0.2) is 11.0 Å². The normalized spacial score (nSPS) is 14.2. The van der Waals surface area contributed by atoms with Crippen molar-refractivity contribution in [2.75, 3.05) is 32.6 Å². The molecule has 4 rings (SSSR count). The maximum atomic E-state index is 13.5. The largest absolute Gasteiger partial charge is 0.493 e. The molecular formula is C24H27FN4O3S. The van der Waals surface area contributed by atoms with Crippen LogP contribution in [-0.4, -0.2) is 58.2 Å². The summed E-state index contributed by atoms with van der Waals surface area (Å²) in [5.41, 5.74) is 1.28. The van der Waals surface area contributed by atoms with Crippen LogP contribution in [0.4, 0.5) is 4.39 Å². The molecule has 0 saturated carbocycles. The highest BCUT2D eigenvalue weighted by Gasteiger charge is 2.19. The molecular weight excluding hydrogens is 443 g/mol. The van der Waals surface area contributed by atoms with E-state index in [1.165, 1.54) is 50.3 Å². The van der Waals surface area contributed by atoms with E-state index in [1.807, 2.05) is 4.57 Å². The zero-order valence-electron chi connectivity index (χ0n) is 18.6. The fourth-order valence-electron chi connectivity index (χ4n) is 3.79. The number of piperidine rings is 1. The van der Waals surface area contributed by atoms with Gasteiger partial charge in [-0.1, -0.05) is 24.2 Å². The average molecular weight is 471 g/mol. The lowest BCUT2D eigenvalue weighted by Gasteiger charge is -2.26. The molecule has 2 aromatic carbocycles. The zero-order valence-corrected chi connectivity index (χ0v) is 19.4. The van der Waals surface area contributed by atoms with Crippen LogP contribution in [0.5, 0.6) is 5.75 Å². The second-order valence-electron chi connectivity index (χ2n) is 7.76. The number of methoxy groups -OCH3 is 1. The molecule has 0 N–H and O–H groups in total. The van der Waals surface area contributed by atoms with Gasteiger partial charge in [-0.25, -0.2) is 9.18 Å². The highest BCUT2D eigenvalue weighted by molar-refractivity contribution is 7.99. The number of thioether (sulfide) groups is 1. The number of carbonyl (C=O) groups excluding carboxylic acids is 1. The molecule has 0 radical (unpaired) electrons. The number of ether oxygens (including phenoxy) is 2.